The van der Waals surface area contributed by atoms with Crippen molar-refractivity contribution in [2.24, 2.45) is 5.92 Å². The molecule has 5 heteroatoms. The second-order valence-electron chi connectivity index (χ2n) is 6.33. The van der Waals surface area contributed by atoms with Gasteiger partial charge in [-0.2, -0.15) is 0 Å². The van der Waals surface area contributed by atoms with Crippen LogP contribution in [0.25, 0.3) is 0 Å². The molecule has 0 atom stereocenters. The van der Waals surface area contributed by atoms with Crippen LogP contribution in [0.3, 0.4) is 0 Å². The van der Waals surface area contributed by atoms with Crippen molar-refractivity contribution in [2.75, 3.05) is 5.73 Å². The number of fused-ring (bicyclic) bond motifs is 1. The van der Waals surface area contributed by atoms with Gasteiger partial charge in [0.15, 0.2) is 0 Å². The lowest BCUT2D eigenvalue weighted by molar-refractivity contribution is -0.127. The van der Waals surface area contributed by atoms with E-state index in [1.54, 1.807) is 17.9 Å². The van der Waals surface area contributed by atoms with Crippen LogP contribution in [0.2, 0.25) is 0 Å². The number of nitrogens with zero attached hydrogens (tertiary/aromatic N) is 1. The largest absolute Gasteiger partial charge is 0.515 e. The number of rotatable bonds is 4. The number of nitrogens with two attached hydrogens (primary N) is 1. The van der Waals surface area contributed by atoms with E-state index in [2.05, 4.69) is 0 Å². The summed E-state index contributed by atoms with van der Waals surface area (Å²) in [7, 11) is 0. The van der Waals surface area contributed by atoms with Gasteiger partial charge in [0.1, 0.15) is 5.76 Å². The molecule has 1 aromatic carbocycles. The summed E-state index contributed by atoms with van der Waals surface area (Å²) in [5, 5.41) is 18.8. The number of carbonyl (C=O) groups excluding carboxylic acids is 1. The van der Waals surface area contributed by atoms with Crippen molar-refractivity contribution in [1.82, 2.24) is 4.90 Å². The predicted octanol–water partition coefficient (Wildman–Crippen LogP) is 3.60. The van der Waals surface area contributed by atoms with Crippen molar-refractivity contribution in [2.45, 2.75) is 33.9 Å². The summed E-state index contributed by atoms with van der Waals surface area (Å²) >= 11 is 0. The third kappa shape index (κ3) is 3.79. The van der Waals surface area contributed by atoms with Gasteiger partial charge in [0.2, 0.25) is 5.91 Å². The average molecular weight is 328 g/mol. The first-order chi connectivity index (χ1) is 11.3. The number of allylic oxidation sites excluding steroid dienone is 3. The van der Waals surface area contributed by atoms with Gasteiger partial charge < -0.3 is 20.8 Å². The molecule has 0 saturated heterocycles. The number of carbonyl (C=O) groups is 1. The van der Waals surface area contributed by atoms with Crippen LogP contribution < -0.4 is 5.73 Å². The van der Waals surface area contributed by atoms with Crippen LogP contribution in [-0.2, 0) is 17.9 Å². The topological polar surface area (TPSA) is 86.8 Å². The monoisotopic (exact) mass is 328 g/mol. The number of amides is 1. The zero-order valence-electron chi connectivity index (χ0n) is 14.3. The van der Waals surface area contributed by atoms with Crippen molar-refractivity contribution in [3.05, 3.63) is 64.6 Å². The van der Waals surface area contributed by atoms with E-state index in [1.807, 2.05) is 32.0 Å². The molecule has 0 unspecified atom stereocenters. The Hall–Kier alpha value is -2.69. The lowest BCUT2D eigenvalue weighted by atomic mass is 9.99. The Morgan fingerprint density at radius 3 is 2.58 bits per heavy atom. The summed E-state index contributed by atoms with van der Waals surface area (Å²) in [6.07, 6.45) is 3.67. The number of nitrogen functional groups attached to an aromatic ring is 1. The van der Waals surface area contributed by atoms with E-state index >= 15 is 0 Å². The maximum atomic E-state index is 12.7. The zero-order valence-corrected chi connectivity index (χ0v) is 14.3. The van der Waals surface area contributed by atoms with Gasteiger partial charge in [-0.3, -0.25) is 4.79 Å². The molecule has 1 heterocycles. The van der Waals surface area contributed by atoms with Crippen molar-refractivity contribution >= 4 is 11.6 Å². The summed E-state index contributed by atoms with van der Waals surface area (Å²) < 4.78 is 0. The molecule has 0 saturated carbocycles. The van der Waals surface area contributed by atoms with Gasteiger partial charge in [0.05, 0.1) is 6.26 Å². The molecule has 0 spiro atoms. The number of hydrogen-bond donors (Lipinski definition) is 3. The first kappa shape index (κ1) is 17.7. The highest BCUT2D eigenvalue weighted by Crippen LogP contribution is 2.26. The molecule has 1 aromatic rings. The fraction of sp³-hybridized carbons (Fsp3) is 0.316. The molecule has 4 N–H and O–H groups in total. The molecule has 1 aliphatic rings. The third-order valence-electron chi connectivity index (χ3n) is 4.10. The minimum Gasteiger partial charge on any atom is -0.515 e. The molecule has 1 amide bonds. The Kier molecular flexibility index (Phi) is 5.34. The Labute approximate surface area is 142 Å². The lowest BCUT2D eigenvalue weighted by Gasteiger charge is -2.17. The van der Waals surface area contributed by atoms with Crippen LogP contribution in [0.15, 0.2) is 53.5 Å². The highest BCUT2D eigenvalue weighted by atomic mass is 16.3. The lowest BCUT2D eigenvalue weighted by Crippen LogP contribution is -2.26. The van der Waals surface area contributed by atoms with Gasteiger partial charge in [0, 0.05) is 30.4 Å². The quantitative estimate of drug-likeness (QED) is 0.341. The first-order valence-electron chi connectivity index (χ1n) is 7.92. The fourth-order valence-corrected chi connectivity index (χ4v) is 2.81. The highest BCUT2D eigenvalue weighted by molar-refractivity contribution is 5.93. The van der Waals surface area contributed by atoms with Crippen LogP contribution in [0.1, 0.15) is 31.9 Å². The van der Waals surface area contributed by atoms with Crippen LogP contribution in [0, 0.1) is 5.92 Å². The fourth-order valence-electron chi connectivity index (χ4n) is 2.81. The van der Waals surface area contributed by atoms with E-state index in [1.165, 1.54) is 6.08 Å². The molecule has 0 radical (unpaired) electrons. The normalized spacial score (nSPS) is 15.8. The summed E-state index contributed by atoms with van der Waals surface area (Å²) in [6, 6.07) is 5.70. The van der Waals surface area contributed by atoms with E-state index in [0.717, 1.165) is 17.4 Å². The van der Waals surface area contributed by atoms with Crippen molar-refractivity contribution in [3.8, 4) is 0 Å². The number of aliphatic hydroxyl groups excluding tert-OH is 2. The zero-order chi connectivity index (χ0) is 17.9. The first-order valence-corrected chi connectivity index (χ1v) is 7.92. The second-order valence-corrected chi connectivity index (χ2v) is 6.33. The van der Waals surface area contributed by atoms with E-state index in [-0.39, 0.29) is 17.6 Å². The predicted molar refractivity (Wildman–Crippen MR) is 95.1 cm³/mol. The SMILES string of the molecule is C\C(=C/C(=C(O)\C=C\O)C(C)C)C(=O)N1Cc2ccc(N)cc2C1. The average Bonchev–Trinajstić information content (AvgIpc) is 2.94. The van der Waals surface area contributed by atoms with E-state index in [0.29, 0.717) is 29.9 Å². The molecule has 0 aromatic heterocycles. The minimum absolute atomic E-state index is 0.0134. The molecular formula is C19H24N2O3. The highest BCUT2D eigenvalue weighted by Gasteiger charge is 2.24. The standard InChI is InChI=1S/C19H24N2O3/c1-12(2)17(18(23)6-7-22)8-13(3)19(24)21-10-14-4-5-16(20)9-15(14)11-21/h4-9,12,22-23H,10-11,20H2,1-3H3/b7-6+,13-8+,18-17-. The summed E-state index contributed by atoms with van der Waals surface area (Å²) in [4.78, 5) is 14.4. The van der Waals surface area contributed by atoms with E-state index in [9.17, 15) is 9.90 Å². The van der Waals surface area contributed by atoms with Gasteiger partial charge in [0.25, 0.3) is 0 Å². The van der Waals surface area contributed by atoms with Crippen LogP contribution in [-0.4, -0.2) is 21.0 Å². The Balaban J connectivity index is 2.22. The van der Waals surface area contributed by atoms with Crippen molar-refractivity contribution in [3.63, 3.8) is 0 Å². The number of anilines is 1. The summed E-state index contributed by atoms with van der Waals surface area (Å²) in [6.45, 7) is 6.66. The van der Waals surface area contributed by atoms with Gasteiger partial charge >= 0.3 is 0 Å². The third-order valence-corrected chi connectivity index (χ3v) is 4.10. The van der Waals surface area contributed by atoms with Crippen molar-refractivity contribution < 1.29 is 15.0 Å². The Bertz CT molecular complexity index is 730. The van der Waals surface area contributed by atoms with Gasteiger partial charge in [-0.25, -0.2) is 0 Å². The minimum atomic E-state index is -0.0799. The molecule has 128 valence electrons. The van der Waals surface area contributed by atoms with E-state index < -0.39 is 0 Å². The van der Waals surface area contributed by atoms with Crippen LogP contribution >= 0.6 is 0 Å². The summed E-state index contributed by atoms with van der Waals surface area (Å²) in [5.74, 6) is -0.111. The molecule has 2 rings (SSSR count). The van der Waals surface area contributed by atoms with Crippen LogP contribution in [0.4, 0.5) is 5.69 Å². The van der Waals surface area contributed by atoms with Gasteiger partial charge in [-0.1, -0.05) is 19.9 Å². The number of aliphatic hydroxyl groups is 2. The number of benzene rings is 1. The van der Waals surface area contributed by atoms with Gasteiger partial charge in [-0.15, -0.1) is 0 Å². The molecule has 5 nitrogen and oxygen atoms in total. The van der Waals surface area contributed by atoms with Crippen molar-refractivity contribution in [1.29, 1.82) is 0 Å². The maximum absolute atomic E-state index is 12.7. The van der Waals surface area contributed by atoms with E-state index in [4.69, 9.17) is 10.8 Å². The molecule has 0 fully saturated rings. The van der Waals surface area contributed by atoms with Crippen LogP contribution in [0.5, 0.6) is 0 Å². The number of hydrogen-bond acceptors (Lipinski definition) is 4. The maximum Gasteiger partial charge on any atom is 0.250 e. The summed E-state index contributed by atoms with van der Waals surface area (Å²) in [5.41, 5.74) is 9.81. The smallest absolute Gasteiger partial charge is 0.250 e. The Morgan fingerprint density at radius 2 is 1.96 bits per heavy atom. The molecule has 1 aliphatic heterocycles. The molecule has 0 bridgehead atoms. The van der Waals surface area contributed by atoms with Gasteiger partial charge in [-0.05, 0) is 47.8 Å². The second kappa shape index (κ2) is 7.25. The Morgan fingerprint density at radius 1 is 1.29 bits per heavy atom. The molecule has 0 aliphatic carbocycles. The molecular weight excluding hydrogens is 304 g/mol. The molecule has 24 heavy (non-hydrogen) atoms.